The van der Waals surface area contributed by atoms with E-state index in [2.05, 4.69) is 24.1 Å². The Balaban J connectivity index is 2.28. The van der Waals surface area contributed by atoms with Crippen LogP contribution in [-0.4, -0.2) is 26.2 Å². The van der Waals surface area contributed by atoms with E-state index in [0.29, 0.717) is 12.6 Å². The Hall–Kier alpha value is -1.22. The molecule has 2 rings (SSSR count). The average Bonchev–Trinajstić information content (AvgIpc) is 2.58. The van der Waals surface area contributed by atoms with Crippen LogP contribution in [0.25, 0.3) is 0 Å². The van der Waals surface area contributed by atoms with Gasteiger partial charge in [0.15, 0.2) is 0 Å². The van der Waals surface area contributed by atoms with E-state index < -0.39 is 0 Å². The third-order valence-electron chi connectivity index (χ3n) is 3.24. The monoisotopic (exact) mass is 220 g/mol. The molecular formula is C13H20N2O. The van der Waals surface area contributed by atoms with Crippen LogP contribution in [0, 0.1) is 0 Å². The second kappa shape index (κ2) is 4.74. The van der Waals surface area contributed by atoms with E-state index in [1.165, 1.54) is 11.3 Å². The maximum atomic E-state index is 5.67. The van der Waals surface area contributed by atoms with Crippen LogP contribution in [0.2, 0.25) is 0 Å². The summed E-state index contributed by atoms with van der Waals surface area (Å²) in [6, 6.07) is 6.83. The van der Waals surface area contributed by atoms with Gasteiger partial charge in [-0.05, 0) is 37.9 Å². The van der Waals surface area contributed by atoms with Gasteiger partial charge < -0.3 is 15.4 Å². The van der Waals surface area contributed by atoms with Crippen LogP contribution in [0.5, 0.6) is 5.75 Å². The van der Waals surface area contributed by atoms with Crippen molar-refractivity contribution in [1.29, 1.82) is 0 Å². The molecule has 0 amide bonds. The van der Waals surface area contributed by atoms with E-state index in [1.807, 2.05) is 13.0 Å². The molecule has 0 aromatic heterocycles. The van der Waals surface area contributed by atoms with E-state index in [9.17, 15) is 0 Å². The standard InChI is InChI=1S/C13H20N2O/c1-3-16-12-6-4-5-10-9-11(7-8-14)15(2)13(10)12/h4-6,11H,3,7-9,14H2,1-2H3. The van der Waals surface area contributed by atoms with Gasteiger partial charge >= 0.3 is 0 Å². The minimum absolute atomic E-state index is 0.529. The molecule has 1 heterocycles. The largest absolute Gasteiger partial charge is 0.492 e. The van der Waals surface area contributed by atoms with E-state index in [1.54, 1.807) is 0 Å². The van der Waals surface area contributed by atoms with Crippen molar-refractivity contribution >= 4 is 5.69 Å². The molecule has 0 saturated carbocycles. The Morgan fingerprint density at radius 3 is 3.00 bits per heavy atom. The van der Waals surface area contributed by atoms with Crippen molar-refractivity contribution in [2.75, 3.05) is 25.1 Å². The van der Waals surface area contributed by atoms with Crippen LogP contribution in [0.4, 0.5) is 5.69 Å². The van der Waals surface area contributed by atoms with Crippen LogP contribution in [0.3, 0.4) is 0 Å². The van der Waals surface area contributed by atoms with Gasteiger partial charge in [-0.15, -0.1) is 0 Å². The van der Waals surface area contributed by atoms with Gasteiger partial charge in [0.1, 0.15) is 5.75 Å². The molecule has 16 heavy (non-hydrogen) atoms. The minimum atomic E-state index is 0.529. The molecule has 0 saturated heterocycles. The van der Waals surface area contributed by atoms with Crippen LogP contribution in [-0.2, 0) is 6.42 Å². The smallest absolute Gasteiger partial charge is 0.142 e. The zero-order chi connectivity index (χ0) is 11.5. The topological polar surface area (TPSA) is 38.5 Å². The molecule has 1 aliphatic heterocycles. The first-order chi connectivity index (χ1) is 7.77. The summed E-state index contributed by atoms with van der Waals surface area (Å²) in [5, 5.41) is 0. The number of benzene rings is 1. The van der Waals surface area contributed by atoms with Crippen LogP contribution in [0.1, 0.15) is 18.9 Å². The molecule has 2 N–H and O–H groups in total. The molecule has 1 aromatic carbocycles. The lowest BCUT2D eigenvalue weighted by atomic mass is 10.1. The fourth-order valence-corrected chi connectivity index (χ4v) is 2.47. The fraction of sp³-hybridized carbons (Fsp3) is 0.538. The summed E-state index contributed by atoms with van der Waals surface area (Å²) >= 11 is 0. The van der Waals surface area contributed by atoms with Crippen molar-refractivity contribution in [2.45, 2.75) is 25.8 Å². The molecule has 0 spiro atoms. The molecule has 1 aliphatic rings. The highest BCUT2D eigenvalue weighted by atomic mass is 16.5. The number of hydrogen-bond acceptors (Lipinski definition) is 3. The number of fused-ring (bicyclic) bond motifs is 1. The number of nitrogens with two attached hydrogens (primary N) is 1. The molecule has 0 fully saturated rings. The maximum absolute atomic E-state index is 5.67. The third kappa shape index (κ3) is 1.87. The van der Waals surface area contributed by atoms with Crippen LogP contribution < -0.4 is 15.4 Å². The Morgan fingerprint density at radius 2 is 2.31 bits per heavy atom. The predicted molar refractivity (Wildman–Crippen MR) is 67.2 cm³/mol. The number of anilines is 1. The second-order valence-electron chi connectivity index (χ2n) is 4.24. The molecule has 1 atom stereocenters. The number of likely N-dealkylation sites (N-methyl/N-ethyl adjacent to an activating group) is 1. The van der Waals surface area contributed by atoms with E-state index in [0.717, 1.165) is 25.1 Å². The van der Waals surface area contributed by atoms with Gasteiger partial charge in [0.2, 0.25) is 0 Å². The zero-order valence-corrected chi connectivity index (χ0v) is 10.1. The first kappa shape index (κ1) is 11.3. The Morgan fingerprint density at radius 1 is 1.50 bits per heavy atom. The Kier molecular flexibility index (Phi) is 3.34. The number of hydrogen-bond donors (Lipinski definition) is 1. The van der Waals surface area contributed by atoms with Crippen molar-refractivity contribution in [1.82, 2.24) is 0 Å². The lowest BCUT2D eigenvalue weighted by molar-refractivity contribution is 0.340. The van der Waals surface area contributed by atoms with E-state index >= 15 is 0 Å². The third-order valence-corrected chi connectivity index (χ3v) is 3.24. The fourth-order valence-electron chi connectivity index (χ4n) is 2.47. The summed E-state index contributed by atoms with van der Waals surface area (Å²) in [6.45, 7) is 3.48. The molecule has 1 aromatic rings. The van der Waals surface area contributed by atoms with Crippen molar-refractivity contribution in [2.24, 2.45) is 5.73 Å². The van der Waals surface area contributed by atoms with E-state index in [4.69, 9.17) is 10.5 Å². The number of nitrogens with zero attached hydrogens (tertiary/aromatic N) is 1. The number of para-hydroxylation sites is 1. The Labute approximate surface area is 97.2 Å². The Bertz CT molecular complexity index is 365. The highest BCUT2D eigenvalue weighted by Gasteiger charge is 2.28. The molecule has 0 aliphatic carbocycles. The zero-order valence-electron chi connectivity index (χ0n) is 10.1. The maximum Gasteiger partial charge on any atom is 0.142 e. The average molecular weight is 220 g/mol. The molecule has 3 heteroatoms. The van der Waals surface area contributed by atoms with Gasteiger partial charge in [0.25, 0.3) is 0 Å². The number of rotatable bonds is 4. The van der Waals surface area contributed by atoms with Crippen LogP contribution in [0.15, 0.2) is 18.2 Å². The van der Waals surface area contributed by atoms with Crippen molar-refractivity contribution in [3.8, 4) is 5.75 Å². The second-order valence-corrected chi connectivity index (χ2v) is 4.24. The van der Waals surface area contributed by atoms with E-state index in [-0.39, 0.29) is 0 Å². The lowest BCUT2D eigenvalue weighted by Crippen LogP contribution is -2.30. The highest BCUT2D eigenvalue weighted by molar-refractivity contribution is 5.67. The van der Waals surface area contributed by atoms with Crippen molar-refractivity contribution in [3.63, 3.8) is 0 Å². The summed E-state index contributed by atoms with van der Waals surface area (Å²) < 4.78 is 5.67. The minimum Gasteiger partial charge on any atom is -0.492 e. The molecule has 0 bridgehead atoms. The first-order valence-electron chi connectivity index (χ1n) is 5.95. The van der Waals surface area contributed by atoms with Crippen LogP contribution >= 0.6 is 0 Å². The first-order valence-corrected chi connectivity index (χ1v) is 5.95. The summed E-state index contributed by atoms with van der Waals surface area (Å²) in [7, 11) is 2.13. The summed E-state index contributed by atoms with van der Waals surface area (Å²) in [6.07, 6.45) is 2.13. The summed E-state index contributed by atoms with van der Waals surface area (Å²) in [5.74, 6) is 1.00. The van der Waals surface area contributed by atoms with Gasteiger partial charge in [0, 0.05) is 13.1 Å². The predicted octanol–water partition coefficient (Wildman–Crippen LogP) is 1.79. The summed E-state index contributed by atoms with van der Waals surface area (Å²) in [5.41, 5.74) is 8.28. The van der Waals surface area contributed by atoms with Gasteiger partial charge in [-0.3, -0.25) is 0 Å². The van der Waals surface area contributed by atoms with Gasteiger partial charge in [-0.2, -0.15) is 0 Å². The summed E-state index contributed by atoms with van der Waals surface area (Å²) in [4.78, 5) is 2.31. The van der Waals surface area contributed by atoms with Crippen molar-refractivity contribution in [3.05, 3.63) is 23.8 Å². The van der Waals surface area contributed by atoms with Gasteiger partial charge in [-0.25, -0.2) is 0 Å². The molecule has 3 nitrogen and oxygen atoms in total. The van der Waals surface area contributed by atoms with Gasteiger partial charge in [-0.1, -0.05) is 12.1 Å². The molecule has 1 unspecified atom stereocenters. The molecule has 88 valence electrons. The SMILES string of the molecule is CCOc1cccc2c1N(C)C(CCN)C2. The van der Waals surface area contributed by atoms with Gasteiger partial charge in [0.05, 0.1) is 12.3 Å². The lowest BCUT2D eigenvalue weighted by Gasteiger charge is -2.23. The molecule has 0 radical (unpaired) electrons. The number of ether oxygens (including phenoxy) is 1. The normalized spacial score (nSPS) is 18.7. The molecular weight excluding hydrogens is 200 g/mol. The van der Waals surface area contributed by atoms with Crippen molar-refractivity contribution < 1.29 is 4.74 Å². The quantitative estimate of drug-likeness (QED) is 0.841. The highest BCUT2D eigenvalue weighted by Crippen LogP contribution is 2.39.